The lowest BCUT2D eigenvalue weighted by Gasteiger charge is -2.12. The zero-order valence-corrected chi connectivity index (χ0v) is 11.6. The molecule has 100 valence electrons. The lowest BCUT2D eigenvalue weighted by Crippen LogP contribution is -2.20. The van der Waals surface area contributed by atoms with Gasteiger partial charge in [-0.1, -0.05) is 0 Å². The third-order valence-corrected chi connectivity index (χ3v) is 2.57. The van der Waals surface area contributed by atoms with E-state index in [0.29, 0.717) is 13.2 Å². The van der Waals surface area contributed by atoms with Gasteiger partial charge in [0.05, 0.1) is 6.61 Å². The molecule has 5 heteroatoms. The maximum Gasteiger partial charge on any atom is 0.242 e. The molecule has 0 heterocycles. The van der Waals surface area contributed by atoms with Gasteiger partial charge in [-0.25, -0.2) is 0 Å². The maximum atomic E-state index is 11.5. The summed E-state index contributed by atoms with van der Waals surface area (Å²) < 4.78 is 10.4. The second-order valence-corrected chi connectivity index (χ2v) is 4.58. The van der Waals surface area contributed by atoms with Gasteiger partial charge in [0.15, 0.2) is 0 Å². The Kier molecular flexibility index (Phi) is 5.95. The minimum absolute atomic E-state index is 0.215. The van der Waals surface area contributed by atoms with Crippen LogP contribution in [0.3, 0.4) is 0 Å². The second-order valence-electron chi connectivity index (χ2n) is 3.92. The Hall–Kier alpha value is -1.26. The topological polar surface area (TPSA) is 47.6 Å². The number of ether oxygens (including phenoxy) is 2. The largest absolute Gasteiger partial charge is 0.491 e. The first kappa shape index (κ1) is 14.8. The minimum atomic E-state index is -0.554. The number of benzene rings is 1. The molecule has 1 N–H and O–H groups in total. The van der Waals surface area contributed by atoms with Crippen molar-refractivity contribution in [3.63, 3.8) is 0 Å². The smallest absolute Gasteiger partial charge is 0.242 e. The summed E-state index contributed by atoms with van der Waals surface area (Å²) in [6.45, 7) is 4.58. The van der Waals surface area contributed by atoms with E-state index in [4.69, 9.17) is 21.1 Å². The highest BCUT2D eigenvalue weighted by Crippen LogP contribution is 2.21. The summed E-state index contributed by atoms with van der Waals surface area (Å²) in [4.78, 5) is 11.5. The van der Waals surface area contributed by atoms with Crippen molar-refractivity contribution in [2.75, 3.05) is 25.6 Å². The summed E-state index contributed by atoms with van der Waals surface area (Å²) in [7, 11) is 1.63. The van der Waals surface area contributed by atoms with E-state index < -0.39 is 5.38 Å². The van der Waals surface area contributed by atoms with E-state index in [-0.39, 0.29) is 5.91 Å². The van der Waals surface area contributed by atoms with Gasteiger partial charge in [-0.2, -0.15) is 0 Å². The molecule has 0 aromatic heterocycles. The van der Waals surface area contributed by atoms with Gasteiger partial charge in [-0.3, -0.25) is 4.79 Å². The standard InChI is InChI=1S/C13H18ClNO3/c1-9-8-11(18-7-6-17-3)4-5-12(9)15-13(16)10(2)14/h4-5,8,10H,6-7H2,1-3H3,(H,15,16). The van der Waals surface area contributed by atoms with Crippen LogP contribution in [0, 0.1) is 6.92 Å². The van der Waals surface area contributed by atoms with Crippen molar-refractivity contribution in [2.45, 2.75) is 19.2 Å². The predicted octanol–water partition coefficient (Wildman–Crippen LogP) is 2.59. The molecule has 0 aliphatic rings. The van der Waals surface area contributed by atoms with Crippen molar-refractivity contribution < 1.29 is 14.3 Å². The van der Waals surface area contributed by atoms with E-state index in [1.807, 2.05) is 13.0 Å². The fourth-order valence-electron chi connectivity index (χ4n) is 1.34. The third-order valence-electron chi connectivity index (χ3n) is 2.37. The molecule has 18 heavy (non-hydrogen) atoms. The molecule has 1 rings (SSSR count). The summed E-state index contributed by atoms with van der Waals surface area (Å²) in [5, 5.41) is 2.20. The van der Waals surface area contributed by atoms with Crippen molar-refractivity contribution in [1.82, 2.24) is 0 Å². The van der Waals surface area contributed by atoms with Crippen LogP contribution in [0.4, 0.5) is 5.69 Å². The number of aryl methyl sites for hydroxylation is 1. The number of halogens is 1. The molecule has 1 aromatic rings. The number of rotatable bonds is 6. The van der Waals surface area contributed by atoms with Crippen LogP contribution < -0.4 is 10.1 Å². The summed E-state index contributed by atoms with van der Waals surface area (Å²) in [6.07, 6.45) is 0. The van der Waals surface area contributed by atoms with Gasteiger partial charge < -0.3 is 14.8 Å². The Balaban J connectivity index is 2.64. The molecule has 4 nitrogen and oxygen atoms in total. The number of methoxy groups -OCH3 is 1. The van der Waals surface area contributed by atoms with Crippen LogP contribution in [-0.2, 0) is 9.53 Å². The fourth-order valence-corrected chi connectivity index (χ4v) is 1.40. The molecule has 0 saturated carbocycles. The van der Waals surface area contributed by atoms with E-state index in [1.165, 1.54) is 0 Å². The molecular weight excluding hydrogens is 254 g/mol. The van der Waals surface area contributed by atoms with Crippen LogP contribution in [0.25, 0.3) is 0 Å². The van der Waals surface area contributed by atoms with Gasteiger partial charge >= 0.3 is 0 Å². The number of hydrogen-bond donors (Lipinski definition) is 1. The molecule has 0 spiro atoms. The zero-order chi connectivity index (χ0) is 13.5. The van der Waals surface area contributed by atoms with Crippen LogP contribution in [-0.4, -0.2) is 31.6 Å². The van der Waals surface area contributed by atoms with Crippen LogP contribution in [0.2, 0.25) is 0 Å². The highest BCUT2D eigenvalue weighted by Gasteiger charge is 2.10. The predicted molar refractivity (Wildman–Crippen MR) is 72.5 cm³/mol. The number of nitrogens with one attached hydrogen (secondary N) is 1. The van der Waals surface area contributed by atoms with Crippen molar-refractivity contribution >= 4 is 23.2 Å². The molecule has 1 atom stereocenters. The maximum absolute atomic E-state index is 11.5. The summed E-state index contributed by atoms with van der Waals surface area (Å²) in [5.41, 5.74) is 1.67. The monoisotopic (exact) mass is 271 g/mol. The molecule has 0 radical (unpaired) electrons. The van der Waals surface area contributed by atoms with Gasteiger partial charge in [-0.05, 0) is 37.6 Å². The number of alkyl halides is 1. The first-order valence-electron chi connectivity index (χ1n) is 5.72. The van der Waals surface area contributed by atoms with Crippen molar-refractivity contribution in [3.8, 4) is 5.75 Å². The lowest BCUT2D eigenvalue weighted by atomic mass is 10.2. The van der Waals surface area contributed by atoms with Crippen LogP contribution in [0.5, 0.6) is 5.75 Å². The summed E-state index contributed by atoms with van der Waals surface area (Å²) >= 11 is 5.70. The van der Waals surface area contributed by atoms with Gasteiger partial charge in [-0.15, -0.1) is 11.6 Å². The molecule has 0 bridgehead atoms. The highest BCUT2D eigenvalue weighted by molar-refractivity contribution is 6.32. The minimum Gasteiger partial charge on any atom is -0.491 e. The lowest BCUT2D eigenvalue weighted by molar-refractivity contribution is -0.115. The molecule has 1 aromatic carbocycles. The van der Waals surface area contributed by atoms with Gasteiger partial charge in [0.25, 0.3) is 0 Å². The molecule has 1 amide bonds. The first-order valence-corrected chi connectivity index (χ1v) is 6.15. The Morgan fingerprint density at radius 3 is 2.72 bits per heavy atom. The molecule has 0 fully saturated rings. The average Bonchev–Trinajstić information content (AvgIpc) is 2.32. The Morgan fingerprint density at radius 1 is 1.44 bits per heavy atom. The van der Waals surface area contributed by atoms with Gasteiger partial charge in [0.2, 0.25) is 5.91 Å². The fraction of sp³-hybridized carbons (Fsp3) is 0.462. The number of carbonyl (C=O) groups excluding carboxylic acids is 1. The number of carbonyl (C=O) groups is 1. The second kappa shape index (κ2) is 7.24. The Labute approximate surface area is 112 Å². The first-order chi connectivity index (χ1) is 8.54. The quantitative estimate of drug-likeness (QED) is 0.639. The van der Waals surface area contributed by atoms with Crippen LogP contribution in [0.15, 0.2) is 18.2 Å². The van der Waals surface area contributed by atoms with Crippen LogP contribution >= 0.6 is 11.6 Å². The van der Waals surface area contributed by atoms with Crippen LogP contribution in [0.1, 0.15) is 12.5 Å². The van der Waals surface area contributed by atoms with Crippen molar-refractivity contribution in [1.29, 1.82) is 0 Å². The Morgan fingerprint density at radius 2 is 2.17 bits per heavy atom. The van der Waals surface area contributed by atoms with Crippen molar-refractivity contribution in [2.24, 2.45) is 0 Å². The summed E-state index contributed by atoms with van der Waals surface area (Å²) in [6, 6.07) is 5.47. The number of anilines is 1. The van der Waals surface area contributed by atoms with E-state index in [1.54, 1.807) is 26.2 Å². The van der Waals surface area contributed by atoms with Gasteiger partial charge in [0.1, 0.15) is 17.7 Å². The third kappa shape index (κ3) is 4.55. The SMILES string of the molecule is COCCOc1ccc(NC(=O)C(C)Cl)c(C)c1. The number of hydrogen-bond acceptors (Lipinski definition) is 3. The van der Waals surface area contributed by atoms with Crippen molar-refractivity contribution in [3.05, 3.63) is 23.8 Å². The molecule has 0 aliphatic heterocycles. The van der Waals surface area contributed by atoms with E-state index >= 15 is 0 Å². The molecule has 1 unspecified atom stereocenters. The Bertz CT molecular complexity index is 407. The zero-order valence-electron chi connectivity index (χ0n) is 10.8. The van der Waals surface area contributed by atoms with E-state index in [0.717, 1.165) is 17.0 Å². The molecule has 0 saturated heterocycles. The normalized spacial score (nSPS) is 12.0. The molecular formula is C13H18ClNO3. The van der Waals surface area contributed by atoms with Gasteiger partial charge in [0, 0.05) is 12.8 Å². The molecule has 0 aliphatic carbocycles. The van der Waals surface area contributed by atoms with E-state index in [2.05, 4.69) is 5.32 Å². The summed E-state index contributed by atoms with van der Waals surface area (Å²) in [5.74, 6) is 0.536. The van der Waals surface area contributed by atoms with E-state index in [9.17, 15) is 4.79 Å². The number of amides is 1. The average molecular weight is 272 g/mol. The highest BCUT2D eigenvalue weighted by atomic mass is 35.5.